The molecule has 168 valence electrons. The maximum absolute atomic E-state index is 12.3. The molecule has 0 radical (unpaired) electrons. The van der Waals surface area contributed by atoms with Gasteiger partial charge in [0.2, 0.25) is 0 Å². The fourth-order valence-electron chi connectivity index (χ4n) is 3.17. The zero-order chi connectivity index (χ0) is 22.6. The summed E-state index contributed by atoms with van der Waals surface area (Å²) in [4.78, 5) is 12.3. The van der Waals surface area contributed by atoms with Gasteiger partial charge in [0, 0.05) is 24.2 Å². The smallest absolute Gasteiger partial charge is 0.308 e. The van der Waals surface area contributed by atoms with E-state index in [2.05, 4.69) is 10.6 Å². The van der Waals surface area contributed by atoms with E-state index < -0.39 is 37.5 Å². The molecule has 2 aliphatic rings. The van der Waals surface area contributed by atoms with Gasteiger partial charge in [-0.3, -0.25) is 8.37 Å². The molecule has 0 fully saturated rings. The minimum absolute atomic E-state index is 0.299. The molecule has 2 N–H and O–H groups in total. The van der Waals surface area contributed by atoms with E-state index in [0.29, 0.717) is 37.1 Å². The highest BCUT2D eigenvalue weighted by Crippen LogP contribution is 2.30. The molecule has 0 saturated heterocycles. The van der Waals surface area contributed by atoms with Crippen molar-refractivity contribution in [1.29, 1.82) is 0 Å². The third-order valence-corrected chi connectivity index (χ3v) is 6.08. The molecule has 0 aromatic heterocycles. The predicted octanol–water partition coefficient (Wildman–Crippen LogP) is 2.22. The summed E-state index contributed by atoms with van der Waals surface area (Å²) in [5.41, 5.74) is -0.880. The van der Waals surface area contributed by atoms with Gasteiger partial charge in [-0.25, -0.2) is 4.79 Å². The molecule has 0 aromatic rings. The lowest BCUT2D eigenvalue weighted by Crippen LogP contribution is -2.38. The van der Waals surface area contributed by atoms with Gasteiger partial charge in [0.1, 0.15) is 11.2 Å². The zero-order valence-corrected chi connectivity index (χ0v) is 19.1. The van der Waals surface area contributed by atoms with E-state index in [0.717, 1.165) is 12.5 Å². The van der Waals surface area contributed by atoms with Gasteiger partial charge in [0.25, 0.3) is 20.2 Å². The highest BCUT2D eigenvalue weighted by atomic mass is 32.2. The van der Waals surface area contributed by atoms with E-state index in [1.807, 2.05) is 13.8 Å². The van der Waals surface area contributed by atoms with Crippen LogP contribution in [0.2, 0.25) is 0 Å². The van der Waals surface area contributed by atoms with E-state index in [4.69, 9.17) is 8.37 Å². The quantitative estimate of drug-likeness (QED) is 0.532. The van der Waals surface area contributed by atoms with E-state index in [9.17, 15) is 21.6 Å². The molecule has 2 atom stereocenters. The van der Waals surface area contributed by atoms with Crippen molar-refractivity contribution in [2.45, 2.75) is 50.7 Å². The van der Waals surface area contributed by atoms with Gasteiger partial charge < -0.3 is 10.6 Å². The van der Waals surface area contributed by atoms with Crippen LogP contribution in [0.3, 0.4) is 0 Å². The molecule has 2 unspecified atom stereocenters. The Bertz CT molecular complexity index is 929. The Morgan fingerprint density at radius 1 is 0.867 bits per heavy atom. The van der Waals surface area contributed by atoms with Crippen LogP contribution in [0.25, 0.3) is 0 Å². The van der Waals surface area contributed by atoms with Crippen molar-refractivity contribution < 1.29 is 30.0 Å². The van der Waals surface area contributed by atoms with Crippen molar-refractivity contribution in [3.63, 3.8) is 0 Å². The lowest BCUT2D eigenvalue weighted by Gasteiger charge is -2.30. The molecule has 11 heteroatoms. The van der Waals surface area contributed by atoms with Gasteiger partial charge in [0.15, 0.2) is 0 Å². The van der Waals surface area contributed by atoms with Crippen LogP contribution in [-0.4, -0.2) is 46.6 Å². The van der Waals surface area contributed by atoms with E-state index in [1.165, 1.54) is 0 Å². The van der Waals surface area contributed by atoms with Crippen LogP contribution in [0.5, 0.6) is 0 Å². The highest BCUT2D eigenvalue weighted by Gasteiger charge is 2.33. The fraction of sp³-hybridized carbons (Fsp3) is 0.526. The molecule has 9 nitrogen and oxygen atoms in total. The average Bonchev–Trinajstić information content (AvgIpc) is 2.63. The minimum Gasteiger partial charge on any atom is -0.308 e. The van der Waals surface area contributed by atoms with E-state index in [1.54, 1.807) is 36.5 Å². The Balaban J connectivity index is 1.95. The first kappa shape index (κ1) is 24.3. The number of amides is 2. The molecule has 2 rings (SSSR count). The Morgan fingerprint density at radius 2 is 1.23 bits per heavy atom. The maximum atomic E-state index is 12.3. The molecule has 30 heavy (non-hydrogen) atoms. The summed E-state index contributed by atoms with van der Waals surface area (Å²) in [6.45, 7) is 3.64. The molecule has 2 amide bonds. The summed E-state index contributed by atoms with van der Waals surface area (Å²) in [6, 6.07) is -0.483. The predicted molar refractivity (Wildman–Crippen MR) is 113 cm³/mol. The summed E-state index contributed by atoms with van der Waals surface area (Å²) < 4.78 is 56.3. The normalized spacial score (nSPS) is 26.7. The molecule has 0 bridgehead atoms. The highest BCUT2D eigenvalue weighted by molar-refractivity contribution is 7.86. The SMILES string of the molecule is CCC1(OS(C)(=O)=O)C=CC(NC(=O)NC2=CCC(CC)(OS(C)(=O)=O)C=C2)=CC1. The lowest BCUT2D eigenvalue weighted by molar-refractivity contribution is 0.126. The van der Waals surface area contributed by atoms with Gasteiger partial charge in [-0.15, -0.1) is 0 Å². The topological polar surface area (TPSA) is 128 Å². The van der Waals surface area contributed by atoms with Crippen molar-refractivity contribution in [1.82, 2.24) is 10.6 Å². The van der Waals surface area contributed by atoms with E-state index >= 15 is 0 Å². The molecule has 0 saturated carbocycles. The summed E-state index contributed by atoms with van der Waals surface area (Å²) in [7, 11) is -7.24. The van der Waals surface area contributed by atoms with Crippen molar-refractivity contribution in [3.8, 4) is 0 Å². The number of hydrogen-bond acceptors (Lipinski definition) is 7. The summed E-state index contributed by atoms with van der Waals surface area (Å²) >= 11 is 0. The van der Waals surface area contributed by atoms with Crippen LogP contribution in [0, 0.1) is 0 Å². The number of hydrogen-bond donors (Lipinski definition) is 2. The third-order valence-electron chi connectivity index (χ3n) is 4.82. The minimum atomic E-state index is -3.62. The Kier molecular flexibility index (Phi) is 7.33. The van der Waals surface area contributed by atoms with Gasteiger partial charge in [-0.1, -0.05) is 26.0 Å². The molecular formula is C19H28N2O7S2. The zero-order valence-electron chi connectivity index (χ0n) is 17.5. The first-order valence-electron chi connectivity index (χ1n) is 9.47. The number of nitrogens with one attached hydrogen (secondary N) is 2. The summed E-state index contributed by atoms with van der Waals surface area (Å²) in [5.74, 6) is 0. The lowest BCUT2D eigenvalue weighted by atomic mass is 9.91. The number of allylic oxidation sites excluding steroid dienone is 2. The maximum Gasteiger partial charge on any atom is 0.323 e. The molecule has 0 aliphatic heterocycles. The molecular weight excluding hydrogens is 432 g/mol. The molecule has 0 heterocycles. The first-order valence-corrected chi connectivity index (χ1v) is 13.1. The second-order valence-corrected chi connectivity index (χ2v) is 10.5. The van der Waals surface area contributed by atoms with Crippen molar-refractivity contribution in [3.05, 3.63) is 47.9 Å². The number of rotatable bonds is 8. The average molecular weight is 461 g/mol. The fourth-order valence-corrected chi connectivity index (χ4v) is 4.86. The van der Waals surface area contributed by atoms with Crippen molar-refractivity contribution in [2.24, 2.45) is 0 Å². The van der Waals surface area contributed by atoms with Crippen molar-refractivity contribution in [2.75, 3.05) is 12.5 Å². The van der Waals surface area contributed by atoms with E-state index in [-0.39, 0.29) is 0 Å². The number of carbonyl (C=O) groups excluding carboxylic acids is 1. The third kappa shape index (κ3) is 7.08. The second-order valence-electron chi connectivity index (χ2n) is 7.38. The molecule has 0 aromatic carbocycles. The largest absolute Gasteiger partial charge is 0.323 e. The van der Waals surface area contributed by atoms with Crippen molar-refractivity contribution >= 4 is 26.3 Å². The number of urea groups is 1. The monoisotopic (exact) mass is 460 g/mol. The van der Waals surface area contributed by atoms with Gasteiger partial charge in [-0.05, 0) is 37.1 Å². The van der Waals surface area contributed by atoms with Crippen LogP contribution >= 0.6 is 0 Å². The Morgan fingerprint density at radius 3 is 1.47 bits per heavy atom. The van der Waals surface area contributed by atoms with Gasteiger partial charge in [-0.2, -0.15) is 16.8 Å². The first-order chi connectivity index (χ1) is 13.8. The Hall–Kier alpha value is -1.95. The van der Waals surface area contributed by atoms with Crippen LogP contribution in [0.15, 0.2) is 47.9 Å². The Labute approximate surface area is 178 Å². The van der Waals surface area contributed by atoms with Crippen LogP contribution in [-0.2, 0) is 28.6 Å². The molecule has 0 spiro atoms. The summed E-state index contributed by atoms with van der Waals surface area (Å²) in [6.07, 6.45) is 13.4. The van der Waals surface area contributed by atoms with Crippen LogP contribution in [0.4, 0.5) is 4.79 Å². The molecule has 2 aliphatic carbocycles. The van der Waals surface area contributed by atoms with Gasteiger partial charge in [0.05, 0.1) is 12.5 Å². The van der Waals surface area contributed by atoms with Gasteiger partial charge >= 0.3 is 6.03 Å². The van der Waals surface area contributed by atoms with Crippen LogP contribution < -0.4 is 10.6 Å². The van der Waals surface area contributed by atoms with Crippen LogP contribution in [0.1, 0.15) is 39.5 Å². The standard InChI is InChI=1S/C19H28N2O7S2/c1-5-18(27-29(3,23)24)11-7-15(8-12-18)20-17(22)21-16-9-13-19(6-2,14-10-16)28-30(4,25)26/h7-11,13H,5-6,12,14H2,1-4H3,(H2,20,21,22). The summed E-state index contributed by atoms with van der Waals surface area (Å²) in [5, 5.41) is 5.36. The second kappa shape index (κ2) is 9.04. The number of carbonyl (C=O) groups is 1.